The van der Waals surface area contributed by atoms with Gasteiger partial charge in [0.05, 0.1) is 5.69 Å². The average molecular weight is 230 g/mol. The van der Waals surface area contributed by atoms with Crippen LogP contribution in [0.15, 0.2) is 24.4 Å². The number of rotatable bonds is 4. The van der Waals surface area contributed by atoms with Gasteiger partial charge in [0.25, 0.3) is 0 Å². The number of fused-ring (bicyclic) bond motifs is 1. The number of nitrogens with two attached hydrogens (primary N) is 1. The Morgan fingerprint density at radius 1 is 1.47 bits per heavy atom. The van der Waals surface area contributed by atoms with Crippen LogP contribution < -0.4 is 10.6 Å². The molecule has 17 heavy (non-hydrogen) atoms. The van der Waals surface area contributed by atoms with Crippen LogP contribution in [0, 0.1) is 0 Å². The zero-order chi connectivity index (χ0) is 11.8. The van der Waals surface area contributed by atoms with Crippen LogP contribution in [0.2, 0.25) is 0 Å². The zero-order valence-corrected chi connectivity index (χ0v) is 10.1. The molecule has 2 N–H and O–H groups in total. The summed E-state index contributed by atoms with van der Waals surface area (Å²) in [7, 11) is 0. The number of imidazole rings is 1. The van der Waals surface area contributed by atoms with Crippen molar-refractivity contribution < 1.29 is 0 Å². The minimum Gasteiger partial charge on any atom is -0.352 e. The van der Waals surface area contributed by atoms with Gasteiger partial charge in [-0.05, 0) is 31.9 Å². The molecule has 0 aliphatic heterocycles. The average Bonchev–Trinajstić information content (AvgIpc) is 3.11. The number of hydrogen-bond donors (Lipinski definition) is 1. The van der Waals surface area contributed by atoms with Crippen LogP contribution in [0.25, 0.3) is 5.65 Å². The van der Waals surface area contributed by atoms with Crippen molar-refractivity contribution in [3.8, 4) is 0 Å². The van der Waals surface area contributed by atoms with E-state index in [4.69, 9.17) is 10.7 Å². The molecular formula is C13H18N4. The quantitative estimate of drug-likeness (QED) is 0.871. The maximum absolute atomic E-state index is 5.89. The highest BCUT2D eigenvalue weighted by Crippen LogP contribution is 2.33. The number of nitrogens with zero attached hydrogens (tertiary/aromatic N) is 3. The molecule has 0 unspecified atom stereocenters. The van der Waals surface area contributed by atoms with Gasteiger partial charge in [-0.25, -0.2) is 4.98 Å². The van der Waals surface area contributed by atoms with E-state index in [2.05, 4.69) is 16.2 Å². The molecule has 1 aliphatic carbocycles. The third kappa shape index (κ3) is 1.69. The van der Waals surface area contributed by atoms with E-state index >= 15 is 0 Å². The molecule has 2 aromatic rings. The normalized spacial score (nSPS) is 15.4. The molecular weight excluding hydrogens is 212 g/mol. The Hall–Kier alpha value is -1.55. The van der Waals surface area contributed by atoms with Gasteiger partial charge < -0.3 is 15.0 Å². The Bertz CT molecular complexity index is 527. The summed E-state index contributed by atoms with van der Waals surface area (Å²) >= 11 is 0. The van der Waals surface area contributed by atoms with Crippen molar-refractivity contribution in [2.24, 2.45) is 5.73 Å². The van der Waals surface area contributed by atoms with Crippen molar-refractivity contribution in [1.29, 1.82) is 0 Å². The Labute approximate surface area is 101 Å². The van der Waals surface area contributed by atoms with Crippen molar-refractivity contribution in [3.63, 3.8) is 0 Å². The molecule has 0 radical (unpaired) electrons. The van der Waals surface area contributed by atoms with Gasteiger partial charge in [0.15, 0.2) is 5.82 Å². The summed E-state index contributed by atoms with van der Waals surface area (Å²) < 4.78 is 2.10. The molecule has 1 aliphatic rings. The van der Waals surface area contributed by atoms with Crippen LogP contribution in [0.1, 0.15) is 25.5 Å². The largest absolute Gasteiger partial charge is 0.352 e. The van der Waals surface area contributed by atoms with E-state index in [1.165, 1.54) is 12.8 Å². The molecule has 4 heteroatoms. The molecule has 2 aromatic heterocycles. The number of pyridine rings is 1. The van der Waals surface area contributed by atoms with Crippen molar-refractivity contribution >= 4 is 11.5 Å². The van der Waals surface area contributed by atoms with Gasteiger partial charge >= 0.3 is 0 Å². The van der Waals surface area contributed by atoms with Gasteiger partial charge in [-0.1, -0.05) is 6.07 Å². The fourth-order valence-electron chi connectivity index (χ4n) is 2.42. The molecule has 0 amide bonds. The van der Waals surface area contributed by atoms with E-state index in [0.717, 1.165) is 23.7 Å². The first-order chi connectivity index (χ1) is 8.35. The van der Waals surface area contributed by atoms with Gasteiger partial charge in [-0.2, -0.15) is 0 Å². The minimum atomic E-state index is 0.531. The van der Waals surface area contributed by atoms with Gasteiger partial charge in [0.2, 0.25) is 0 Å². The number of anilines is 1. The molecule has 0 saturated heterocycles. The van der Waals surface area contributed by atoms with Crippen LogP contribution >= 0.6 is 0 Å². The highest BCUT2D eigenvalue weighted by Gasteiger charge is 2.31. The second kappa shape index (κ2) is 4.04. The predicted octanol–water partition coefficient (Wildman–Crippen LogP) is 1.78. The van der Waals surface area contributed by atoms with E-state index in [9.17, 15) is 0 Å². The van der Waals surface area contributed by atoms with Gasteiger partial charge in [0, 0.05) is 25.3 Å². The Balaban J connectivity index is 2.13. The maximum atomic E-state index is 5.89. The first-order valence-corrected chi connectivity index (χ1v) is 6.27. The highest BCUT2D eigenvalue weighted by atomic mass is 15.3. The Kier molecular flexibility index (Phi) is 2.52. The molecule has 90 valence electrons. The van der Waals surface area contributed by atoms with E-state index in [0.29, 0.717) is 12.6 Å². The Morgan fingerprint density at radius 2 is 2.29 bits per heavy atom. The van der Waals surface area contributed by atoms with Crippen LogP contribution in [0.4, 0.5) is 5.82 Å². The number of aromatic nitrogens is 2. The molecule has 1 saturated carbocycles. The lowest BCUT2D eigenvalue weighted by atomic mass is 10.3. The predicted molar refractivity (Wildman–Crippen MR) is 69.1 cm³/mol. The standard InChI is InChI=1S/C13H18N4/c1-2-16(10-6-7-10)13-11(9-14)17-8-4-3-5-12(17)15-13/h3-5,8,10H,2,6-7,9,14H2,1H3. The van der Waals surface area contributed by atoms with Crippen LogP contribution in [0.5, 0.6) is 0 Å². The van der Waals surface area contributed by atoms with Crippen molar-refractivity contribution in [2.75, 3.05) is 11.4 Å². The third-order valence-corrected chi connectivity index (χ3v) is 3.40. The summed E-state index contributed by atoms with van der Waals surface area (Å²) in [5.74, 6) is 1.07. The lowest BCUT2D eigenvalue weighted by molar-refractivity contribution is 0.798. The third-order valence-electron chi connectivity index (χ3n) is 3.40. The van der Waals surface area contributed by atoms with E-state index in [-0.39, 0.29) is 0 Å². The van der Waals surface area contributed by atoms with Gasteiger partial charge in [0.1, 0.15) is 5.65 Å². The van der Waals surface area contributed by atoms with Gasteiger partial charge in [-0.3, -0.25) is 0 Å². The fourth-order valence-corrected chi connectivity index (χ4v) is 2.42. The molecule has 0 atom stereocenters. The second-order valence-electron chi connectivity index (χ2n) is 4.53. The van der Waals surface area contributed by atoms with Crippen LogP contribution in [-0.2, 0) is 6.54 Å². The molecule has 0 spiro atoms. The van der Waals surface area contributed by atoms with Crippen LogP contribution in [0.3, 0.4) is 0 Å². The van der Waals surface area contributed by atoms with E-state index in [1.54, 1.807) is 0 Å². The van der Waals surface area contributed by atoms with Crippen LogP contribution in [-0.4, -0.2) is 22.0 Å². The minimum absolute atomic E-state index is 0.531. The lowest BCUT2D eigenvalue weighted by Gasteiger charge is -2.21. The summed E-state index contributed by atoms with van der Waals surface area (Å²) in [4.78, 5) is 7.11. The SMILES string of the molecule is CCN(c1nc2ccccn2c1CN)C1CC1. The summed E-state index contributed by atoms with van der Waals surface area (Å²) in [6, 6.07) is 6.74. The first kappa shape index (κ1) is 10.6. The molecule has 0 aromatic carbocycles. The molecule has 0 bridgehead atoms. The van der Waals surface area contributed by atoms with Crippen molar-refractivity contribution in [2.45, 2.75) is 32.4 Å². The molecule has 4 nitrogen and oxygen atoms in total. The summed E-state index contributed by atoms with van der Waals surface area (Å²) in [5, 5.41) is 0. The molecule has 3 rings (SSSR count). The van der Waals surface area contributed by atoms with E-state index < -0.39 is 0 Å². The molecule has 1 fully saturated rings. The number of hydrogen-bond acceptors (Lipinski definition) is 3. The summed E-state index contributed by atoms with van der Waals surface area (Å²) in [6.07, 6.45) is 4.60. The first-order valence-electron chi connectivity index (χ1n) is 6.27. The second-order valence-corrected chi connectivity index (χ2v) is 4.53. The fraction of sp³-hybridized carbons (Fsp3) is 0.462. The lowest BCUT2D eigenvalue weighted by Crippen LogP contribution is -2.27. The summed E-state index contributed by atoms with van der Waals surface area (Å²) in [6.45, 7) is 3.72. The van der Waals surface area contributed by atoms with E-state index in [1.807, 2.05) is 24.4 Å². The monoisotopic (exact) mass is 230 g/mol. The topological polar surface area (TPSA) is 46.6 Å². The zero-order valence-electron chi connectivity index (χ0n) is 10.1. The molecule has 2 heterocycles. The van der Waals surface area contributed by atoms with Crippen molar-refractivity contribution in [3.05, 3.63) is 30.1 Å². The Morgan fingerprint density at radius 3 is 2.94 bits per heavy atom. The highest BCUT2D eigenvalue weighted by molar-refractivity contribution is 5.57. The van der Waals surface area contributed by atoms with Crippen molar-refractivity contribution in [1.82, 2.24) is 9.38 Å². The smallest absolute Gasteiger partial charge is 0.152 e. The maximum Gasteiger partial charge on any atom is 0.152 e. The summed E-state index contributed by atoms with van der Waals surface area (Å²) in [5.41, 5.74) is 7.99. The van der Waals surface area contributed by atoms with Gasteiger partial charge in [-0.15, -0.1) is 0 Å².